The number of ether oxygens (including phenoxy) is 4. The molecule has 6 nitrogen and oxygen atoms in total. The zero-order valence-corrected chi connectivity index (χ0v) is 16.4. The Hall–Kier alpha value is -2.44. The van der Waals surface area contributed by atoms with Crippen LogP contribution in [0.15, 0.2) is 18.2 Å². The van der Waals surface area contributed by atoms with Crippen molar-refractivity contribution in [3.8, 4) is 34.1 Å². The molecule has 0 N–H and O–H groups in total. The summed E-state index contributed by atoms with van der Waals surface area (Å²) in [5.41, 5.74) is 5.26. The number of methoxy groups -OCH3 is 4. The lowest BCUT2D eigenvalue weighted by Gasteiger charge is -2.51. The van der Waals surface area contributed by atoms with Gasteiger partial charge in [-0.2, -0.15) is 0 Å². The van der Waals surface area contributed by atoms with Crippen LogP contribution in [0.4, 0.5) is 0 Å². The first-order valence-corrected chi connectivity index (χ1v) is 9.04. The molecule has 2 aliphatic rings. The van der Waals surface area contributed by atoms with E-state index < -0.39 is 0 Å². The fraction of sp³-hybridized carbons (Fsp3) is 0.429. The fourth-order valence-electron chi connectivity index (χ4n) is 4.51. The predicted octanol–water partition coefficient (Wildman–Crippen LogP) is 3.49. The summed E-state index contributed by atoms with van der Waals surface area (Å²) in [5.74, 6) is 2.67. The first-order valence-electron chi connectivity index (χ1n) is 9.04. The minimum absolute atomic E-state index is 0.172. The molecule has 0 radical (unpaired) electrons. The largest absolute Gasteiger partial charge is 0.633 e. The van der Waals surface area contributed by atoms with E-state index in [-0.39, 0.29) is 10.7 Å². The molecule has 1 heterocycles. The molecule has 0 amide bonds. The highest BCUT2D eigenvalue weighted by atomic mass is 16.5. The topological polar surface area (TPSA) is 60.0 Å². The van der Waals surface area contributed by atoms with Crippen molar-refractivity contribution in [2.45, 2.75) is 18.9 Å². The maximum absolute atomic E-state index is 13.3. The summed E-state index contributed by atoms with van der Waals surface area (Å²) < 4.78 is 22.1. The van der Waals surface area contributed by atoms with Crippen LogP contribution in [0.5, 0.6) is 23.0 Å². The zero-order valence-electron chi connectivity index (χ0n) is 16.4. The van der Waals surface area contributed by atoms with Crippen molar-refractivity contribution in [2.24, 2.45) is 0 Å². The Bertz CT molecular complexity index is 906. The van der Waals surface area contributed by atoms with Crippen LogP contribution in [0.25, 0.3) is 11.1 Å². The molecule has 2 aromatic rings. The van der Waals surface area contributed by atoms with Gasteiger partial charge >= 0.3 is 0 Å². The summed E-state index contributed by atoms with van der Waals surface area (Å²) in [6.07, 6.45) is 1.38. The van der Waals surface area contributed by atoms with Crippen LogP contribution in [0.3, 0.4) is 0 Å². The summed E-state index contributed by atoms with van der Waals surface area (Å²) in [6, 6.07) is 5.81. The van der Waals surface area contributed by atoms with Gasteiger partial charge in [0.05, 0.1) is 42.0 Å². The van der Waals surface area contributed by atoms with Gasteiger partial charge < -0.3 is 28.8 Å². The SMILES string of the molecule is COc1cc2c(cc1OC)-c1c(OC)c(OC)cc3c1C(C2)[N+](C)([O-])CC3. The minimum atomic E-state index is -0.288. The van der Waals surface area contributed by atoms with Crippen LogP contribution in [0.1, 0.15) is 22.7 Å². The van der Waals surface area contributed by atoms with Gasteiger partial charge in [-0.15, -0.1) is 0 Å². The van der Waals surface area contributed by atoms with E-state index in [2.05, 4.69) is 0 Å². The van der Waals surface area contributed by atoms with Gasteiger partial charge in [-0.25, -0.2) is 0 Å². The molecule has 1 aliphatic carbocycles. The third-order valence-electron chi connectivity index (χ3n) is 5.91. The highest BCUT2D eigenvalue weighted by molar-refractivity contribution is 5.84. The number of hydroxylamine groups is 3. The highest BCUT2D eigenvalue weighted by Crippen LogP contribution is 2.55. The second kappa shape index (κ2) is 6.32. The number of hydrogen-bond donors (Lipinski definition) is 0. The van der Waals surface area contributed by atoms with Crippen molar-refractivity contribution in [1.82, 2.24) is 0 Å². The van der Waals surface area contributed by atoms with Crippen molar-refractivity contribution in [3.63, 3.8) is 0 Å². The van der Waals surface area contributed by atoms with Crippen molar-refractivity contribution in [1.29, 1.82) is 0 Å². The molecule has 2 aromatic carbocycles. The molecule has 4 rings (SSSR count). The van der Waals surface area contributed by atoms with Crippen LogP contribution in [0.2, 0.25) is 0 Å². The maximum Gasteiger partial charge on any atom is 0.169 e. The molecule has 1 aliphatic heterocycles. The molecule has 2 atom stereocenters. The Labute approximate surface area is 159 Å². The van der Waals surface area contributed by atoms with Crippen LogP contribution in [-0.2, 0) is 12.8 Å². The highest BCUT2D eigenvalue weighted by Gasteiger charge is 2.42. The third-order valence-corrected chi connectivity index (χ3v) is 5.91. The third kappa shape index (κ3) is 2.55. The van der Waals surface area contributed by atoms with Crippen molar-refractivity contribution >= 4 is 0 Å². The Morgan fingerprint density at radius 2 is 1.52 bits per heavy atom. The molecule has 0 fully saturated rings. The molecule has 0 bridgehead atoms. The monoisotopic (exact) mass is 371 g/mol. The Kier molecular flexibility index (Phi) is 4.20. The molecular formula is C21H25NO5. The maximum atomic E-state index is 13.3. The van der Waals surface area contributed by atoms with Crippen LogP contribution in [-0.4, -0.2) is 46.7 Å². The van der Waals surface area contributed by atoms with Gasteiger partial charge in [-0.05, 0) is 34.9 Å². The van der Waals surface area contributed by atoms with Gasteiger partial charge in [0, 0.05) is 24.0 Å². The lowest BCUT2D eigenvalue weighted by molar-refractivity contribution is -0.894. The molecule has 27 heavy (non-hydrogen) atoms. The number of nitrogens with zero attached hydrogens (tertiary/aromatic N) is 1. The second-order valence-electron chi connectivity index (χ2n) is 7.29. The van der Waals surface area contributed by atoms with E-state index in [0.29, 0.717) is 36.0 Å². The van der Waals surface area contributed by atoms with Gasteiger partial charge in [-0.3, -0.25) is 0 Å². The van der Waals surface area contributed by atoms with E-state index in [1.54, 1.807) is 35.5 Å². The standard InChI is InChI=1S/C21H25NO5/c1-22(23)7-6-12-9-18(26-4)21(27-5)20-14-11-17(25-3)16(24-2)10-13(14)8-15(22)19(12)20/h9-11,15H,6-8H2,1-5H3. The molecule has 6 heteroatoms. The quantitative estimate of drug-likeness (QED) is 0.608. The van der Waals surface area contributed by atoms with E-state index >= 15 is 0 Å². The summed E-state index contributed by atoms with van der Waals surface area (Å²) in [5, 5.41) is 13.3. The summed E-state index contributed by atoms with van der Waals surface area (Å²) in [4.78, 5) is 0. The molecular weight excluding hydrogens is 346 g/mol. The first-order chi connectivity index (χ1) is 12.9. The smallest absolute Gasteiger partial charge is 0.169 e. The number of rotatable bonds is 4. The molecule has 0 spiro atoms. The van der Waals surface area contributed by atoms with E-state index in [1.165, 1.54) is 5.56 Å². The molecule has 2 unspecified atom stereocenters. The predicted molar refractivity (Wildman–Crippen MR) is 103 cm³/mol. The van der Waals surface area contributed by atoms with Crippen molar-refractivity contribution in [2.75, 3.05) is 42.0 Å². The number of quaternary nitrogens is 1. The number of benzene rings is 2. The van der Waals surface area contributed by atoms with E-state index in [1.807, 2.05) is 18.2 Å². The molecule has 144 valence electrons. The fourth-order valence-corrected chi connectivity index (χ4v) is 4.51. The summed E-state index contributed by atoms with van der Waals surface area (Å²) >= 11 is 0. The normalized spacial score (nSPS) is 22.5. The van der Waals surface area contributed by atoms with Crippen molar-refractivity contribution in [3.05, 3.63) is 40.1 Å². The zero-order chi connectivity index (χ0) is 19.3. The Balaban J connectivity index is 2.08. The molecule has 0 saturated carbocycles. The van der Waals surface area contributed by atoms with Gasteiger partial charge in [0.1, 0.15) is 6.04 Å². The van der Waals surface area contributed by atoms with Crippen LogP contribution >= 0.6 is 0 Å². The van der Waals surface area contributed by atoms with E-state index in [0.717, 1.165) is 28.7 Å². The summed E-state index contributed by atoms with van der Waals surface area (Å²) in [7, 11) is 8.29. The van der Waals surface area contributed by atoms with Gasteiger partial charge in [-0.1, -0.05) is 0 Å². The van der Waals surface area contributed by atoms with Gasteiger partial charge in [0.15, 0.2) is 23.0 Å². The first kappa shape index (κ1) is 17.9. The van der Waals surface area contributed by atoms with Crippen LogP contribution in [0, 0.1) is 5.21 Å². The van der Waals surface area contributed by atoms with E-state index in [4.69, 9.17) is 18.9 Å². The van der Waals surface area contributed by atoms with E-state index in [9.17, 15) is 5.21 Å². The molecule has 0 saturated heterocycles. The Morgan fingerprint density at radius 3 is 2.15 bits per heavy atom. The van der Waals surface area contributed by atoms with Crippen molar-refractivity contribution < 1.29 is 23.6 Å². The minimum Gasteiger partial charge on any atom is -0.633 e. The molecule has 0 aromatic heterocycles. The average molecular weight is 371 g/mol. The lowest BCUT2D eigenvalue weighted by atomic mass is 9.76. The van der Waals surface area contributed by atoms with Gasteiger partial charge in [0.25, 0.3) is 0 Å². The number of fused-ring (bicyclic) bond motifs is 2. The Morgan fingerprint density at radius 1 is 0.889 bits per heavy atom. The van der Waals surface area contributed by atoms with Crippen LogP contribution < -0.4 is 18.9 Å². The van der Waals surface area contributed by atoms with Gasteiger partial charge in [0.2, 0.25) is 0 Å². The number of likely N-dealkylation sites (N-methyl/N-ethyl adjacent to an activating group) is 1. The second-order valence-corrected chi connectivity index (χ2v) is 7.29. The summed E-state index contributed by atoms with van der Waals surface area (Å²) in [6.45, 7) is 0.551. The average Bonchev–Trinajstić information content (AvgIpc) is 2.68. The number of hydrogen-bond acceptors (Lipinski definition) is 5. The lowest BCUT2D eigenvalue weighted by Crippen LogP contribution is -2.48.